The van der Waals surface area contributed by atoms with Crippen molar-refractivity contribution in [2.24, 2.45) is 16.7 Å². The Kier molecular flexibility index (Phi) is 7.84. The predicted molar refractivity (Wildman–Crippen MR) is 94.1 cm³/mol. The fraction of sp³-hybridized carbons (Fsp3) is 0.800. The van der Waals surface area contributed by atoms with Crippen molar-refractivity contribution in [1.82, 2.24) is 0 Å². The standard InChI is InChI=1S/C20H38/c1-10-12-20(13-11-2,14-16(3)4)15-18(17(5)6)19(7,8)9/h18H,3,5,10-15H2,1-2,4,6-9H3. The zero-order chi connectivity index (χ0) is 16.0. The SMILES string of the molecule is C=C(C)CC(CCC)(CCC)CC(C(=C)C)C(C)(C)C. The van der Waals surface area contributed by atoms with Crippen LogP contribution in [0.15, 0.2) is 24.3 Å². The van der Waals surface area contributed by atoms with Gasteiger partial charge in [0, 0.05) is 0 Å². The van der Waals surface area contributed by atoms with E-state index in [1.165, 1.54) is 49.7 Å². The average Bonchev–Trinajstić information content (AvgIpc) is 2.23. The molecule has 20 heavy (non-hydrogen) atoms. The Bertz CT molecular complexity index is 307. The van der Waals surface area contributed by atoms with E-state index in [2.05, 4.69) is 61.6 Å². The molecule has 0 nitrogen and oxygen atoms in total. The Morgan fingerprint density at radius 3 is 1.65 bits per heavy atom. The van der Waals surface area contributed by atoms with Crippen LogP contribution in [0.4, 0.5) is 0 Å². The highest BCUT2D eigenvalue weighted by molar-refractivity contribution is 5.06. The second-order valence-corrected chi connectivity index (χ2v) is 8.10. The summed E-state index contributed by atoms with van der Waals surface area (Å²) in [5.74, 6) is 0.597. The molecule has 0 amide bonds. The van der Waals surface area contributed by atoms with Crippen molar-refractivity contribution in [1.29, 1.82) is 0 Å². The van der Waals surface area contributed by atoms with Gasteiger partial charge in [-0.25, -0.2) is 0 Å². The summed E-state index contributed by atoms with van der Waals surface area (Å²) in [4.78, 5) is 0. The van der Waals surface area contributed by atoms with E-state index in [1.807, 2.05) is 0 Å². The molecule has 0 aromatic heterocycles. The first-order chi connectivity index (χ1) is 9.08. The maximum atomic E-state index is 4.28. The third-order valence-corrected chi connectivity index (χ3v) is 4.51. The van der Waals surface area contributed by atoms with Crippen molar-refractivity contribution < 1.29 is 0 Å². The quantitative estimate of drug-likeness (QED) is 0.392. The van der Waals surface area contributed by atoms with E-state index >= 15 is 0 Å². The summed E-state index contributed by atoms with van der Waals surface area (Å²) in [6.07, 6.45) is 7.59. The topological polar surface area (TPSA) is 0 Å². The molecule has 0 N–H and O–H groups in total. The van der Waals surface area contributed by atoms with E-state index in [1.54, 1.807) is 0 Å². The summed E-state index contributed by atoms with van der Waals surface area (Å²) in [6, 6.07) is 0. The van der Waals surface area contributed by atoms with E-state index in [-0.39, 0.29) is 0 Å². The van der Waals surface area contributed by atoms with Gasteiger partial charge in [0.15, 0.2) is 0 Å². The van der Waals surface area contributed by atoms with Crippen LogP contribution in [-0.2, 0) is 0 Å². The van der Waals surface area contributed by atoms with E-state index < -0.39 is 0 Å². The molecular weight excluding hydrogens is 240 g/mol. The van der Waals surface area contributed by atoms with E-state index in [9.17, 15) is 0 Å². The lowest BCUT2D eigenvalue weighted by atomic mass is 9.63. The summed E-state index contributed by atoms with van der Waals surface area (Å²) in [5.41, 5.74) is 3.40. The van der Waals surface area contributed by atoms with Crippen LogP contribution in [0.3, 0.4) is 0 Å². The van der Waals surface area contributed by atoms with Crippen molar-refractivity contribution in [2.45, 2.75) is 87.0 Å². The van der Waals surface area contributed by atoms with E-state index in [0.29, 0.717) is 16.7 Å². The minimum absolute atomic E-state index is 0.299. The molecule has 0 bridgehead atoms. The minimum atomic E-state index is 0.299. The van der Waals surface area contributed by atoms with Gasteiger partial charge in [-0.2, -0.15) is 0 Å². The van der Waals surface area contributed by atoms with Gasteiger partial charge in [0.2, 0.25) is 0 Å². The van der Waals surface area contributed by atoms with Gasteiger partial charge >= 0.3 is 0 Å². The van der Waals surface area contributed by atoms with Gasteiger partial charge in [0.1, 0.15) is 0 Å². The molecule has 0 saturated carbocycles. The van der Waals surface area contributed by atoms with Crippen molar-refractivity contribution in [2.75, 3.05) is 0 Å². The van der Waals surface area contributed by atoms with Gasteiger partial charge in [-0.15, -0.1) is 6.58 Å². The molecule has 1 atom stereocenters. The Labute approximate surface area is 128 Å². The van der Waals surface area contributed by atoms with Gasteiger partial charge < -0.3 is 0 Å². The Balaban J connectivity index is 5.37. The number of allylic oxidation sites excluding steroid dienone is 2. The Morgan fingerprint density at radius 1 is 0.950 bits per heavy atom. The average molecular weight is 279 g/mol. The van der Waals surface area contributed by atoms with Crippen LogP contribution >= 0.6 is 0 Å². The van der Waals surface area contributed by atoms with Crippen LogP contribution in [0.2, 0.25) is 0 Å². The highest BCUT2D eigenvalue weighted by Gasteiger charge is 2.36. The Hall–Kier alpha value is -0.520. The normalized spacial score (nSPS) is 14.2. The molecule has 0 aliphatic rings. The first-order valence-corrected chi connectivity index (χ1v) is 8.37. The monoisotopic (exact) mass is 278 g/mol. The molecule has 0 heteroatoms. The van der Waals surface area contributed by atoms with Gasteiger partial charge in [-0.05, 0) is 56.3 Å². The second-order valence-electron chi connectivity index (χ2n) is 8.10. The third-order valence-electron chi connectivity index (χ3n) is 4.51. The second kappa shape index (κ2) is 8.05. The van der Waals surface area contributed by atoms with Crippen LogP contribution in [-0.4, -0.2) is 0 Å². The lowest BCUT2D eigenvalue weighted by Gasteiger charge is -2.42. The molecule has 0 aromatic rings. The largest absolute Gasteiger partial charge is 0.100 e. The molecule has 0 aromatic carbocycles. The molecule has 0 radical (unpaired) electrons. The first kappa shape index (κ1) is 19.5. The van der Waals surface area contributed by atoms with Gasteiger partial charge in [0.05, 0.1) is 0 Å². The van der Waals surface area contributed by atoms with Crippen molar-refractivity contribution in [3.63, 3.8) is 0 Å². The van der Waals surface area contributed by atoms with Gasteiger partial charge in [0.25, 0.3) is 0 Å². The molecule has 118 valence electrons. The third kappa shape index (κ3) is 6.29. The van der Waals surface area contributed by atoms with Crippen molar-refractivity contribution in [3.8, 4) is 0 Å². The predicted octanol–water partition coefficient (Wildman–Crippen LogP) is 7.17. The van der Waals surface area contributed by atoms with Crippen LogP contribution in [0.5, 0.6) is 0 Å². The smallest absolute Gasteiger partial charge is 0.0155 e. The zero-order valence-corrected chi connectivity index (χ0v) is 15.2. The minimum Gasteiger partial charge on any atom is -0.100 e. The summed E-state index contributed by atoms with van der Waals surface area (Å²) in [7, 11) is 0. The summed E-state index contributed by atoms with van der Waals surface area (Å²) in [6.45, 7) is 24.6. The highest BCUT2D eigenvalue weighted by atomic mass is 14.4. The molecule has 0 saturated heterocycles. The number of hydrogen-bond donors (Lipinski definition) is 0. The summed E-state index contributed by atoms with van der Waals surface area (Å²) < 4.78 is 0. The number of hydrogen-bond acceptors (Lipinski definition) is 0. The molecular formula is C20H38. The van der Waals surface area contributed by atoms with Crippen molar-refractivity contribution in [3.05, 3.63) is 24.3 Å². The van der Waals surface area contributed by atoms with Gasteiger partial charge in [-0.3, -0.25) is 0 Å². The van der Waals surface area contributed by atoms with Crippen LogP contribution in [0.25, 0.3) is 0 Å². The van der Waals surface area contributed by atoms with Gasteiger partial charge in [-0.1, -0.05) is 65.2 Å². The lowest BCUT2D eigenvalue weighted by molar-refractivity contribution is 0.130. The maximum absolute atomic E-state index is 4.28. The Morgan fingerprint density at radius 2 is 1.40 bits per heavy atom. The lowest BCUT2D eigenvalue weighted by Crippen LogP contribution is -2.31. The molecule has 0 fully saturated rings. The fourth-order valence-corrected chi connectivity index (χ4v) is 3.93. The summed E-state index contributed by atoms with van der Waals surface area (Å²) in [5, 5.41) is 0. The van der Waals surface area contributed by atoms with Crippen LogP contribution in [0.1, 0.15) is 87.0 Å². The maximum Gasteiger partial charge on any atom is -0.0155 e. The first-order valence-electron chi connectivity index (χ1n) is 8.37. The number of rotatable bonds is 9. The summed E-state index contributed by atoms with van der Waals surface area (Å²) >= 11 is 0. The molecule has 1 unspecified atom stereocenters. The highest BCUT2D eigenvalue weighted by Crippen LogP contribution is 2.47. The molecule has 0 rings (SSSR count). The molecule has 0 spiro atoms. The molecule has 0 heterocycles. The van der Waals surface area contributed by atoms with Crippen LogP contribution in [0, 0.1) is 16.7 Å². The van der Waals surface area contributed by atoms with E-state index in [0.717, 1.165) is 0 Å². The molecule has 0 aliphatic heterocycles. The van der Waals surface area contributed by atoms with Crippen LogP contribution < -0.4 is 0 Å². The van der Waals surface area contributed by atoms with Crippen molar-refractivity contribution >= 4 is 0 Å². The fourth-order valence-electron chi connectivity index (χ4n) is 3.93. The molecule has 0 aliphatic carbocycles. The zero-order valence-electron chi connectivity index (χ0n) is 15.2. The van der Waals surface area contributed by atoms with E-state index in [4.69, 9.17) is 0 Å².